The number of hydrogen-bond acceptors (Lipinski definition) is 4. The fourth-order valence-corrected chi connectivity index (χ4v) is 4.57. The van der Waals surface area contributed by atoms with E-state index < -0.39 is 10.0 Å². The van der Waals surface area contributed by atoms with E-state index in [0.717, 1.165) is 38.0 Å². The minimum atomic E-state index is -3.58. The largest absolute Gasteiger partial charge is 0.397 e. The molecular formula is C15H25N3O2S. The van der Waals surface area contributed by atoms with Crippen LogP contribution in [0.2, 0.25) is 0 Å². The number of hydrogen-bond donors (Lipinski definition) is 2. The van der Waals surface area contributed by atoms with Crippen LogP contribution in [0.3, 0.4) is 0 Å². The Hall–Kier alpha value is -1.11. The van der Waals surface area contributed by atoms with Crippen LogP contribution in [0.5, 0.6) is 0 Å². The van der Waals surface area contributed by atoms with Crippen molar-refractivity contribution in [3.8, 4) is 0 Å². The van der Waals surface area contributed by atoms with E-state index in [1.807, 2.05) is 13.0 Å². The molecule has 1 saturated heterocycles. The molecule has 0 aromatic heterocycles. The number of nitrogen functional groups attached to an aromatic ring is 1. The second-order valence-electron chi connectivity index (χ2n) is 5.80. The molecular weight excluding hydrogens is 286 g/mol. The smallest absolute Gasteiger partial charge is 0.243 e. The topological polar surface area (TPSA) is 75.4 Å². The first kappa shape index (κ1) is 16.3. The molecule has 118 valence electrons. The van der Waals surface area contributed by atoms with Crippen LogP contribution >= 0.6 is 0 Å². The Balaban J connectivity index is 2.25. The first-order valence-electron chi connectivity index (χ1n) is 7.45. The summed E-state index contributed by atoms with van der Waals surface area (Å²) < 4.78 is 28.2. The van der Waals surface area contributed by atoms with Crippen LogP contribution in [0.4, 0.5) is 5.69 Å². The zero-order chi connectivity index (χ0) is 15.6. The van der Waals surface area contributed by atoms with E-state index in [2.05, 4.69) is 16.5 Å². The highest BCUT2D eigenvalue weighted by molar-refractivity contribution is 7.89. The molecule has 0 amide bonds. The zero-order valence-electron chi connectivity index (χ0n) is 13.0. The van der Waals surface area contributed by atoms with Crippen molar-refractivity contribution in [3.05, 3.63) is 23.3 Å². The van der Waals surface area contributed by atoms with Crippen LogP contribution < -0.4 is 10.5 Å². The third-order valence-corrected chi connectivity index (χ3v) is 5.88. The van der Waals surface area contributed by atoms with Crippen molar-refractivity contribution in [2.75, 3.05) is 25.4 Å². The van der Waals surface area contributed by atoms with E-state index >= 15 is 0 Å². The quantitative estimate of drug-likeness (QED) is 0.829. The summed E-state index contributed by atoms with van der Waals surface area (Å²) in [7, 11) is -3.58. The van der Waals surface area contributed by atoms with Crippen molar-refractivity contribution < 1.29 is 8.42 Å². The van der Waals surface area contributed by atoms with E-state index in [0.29, 0.717) is 11.3 Å². The molecule has 0 radical (unpaired) electrons. The lowest BCUT2D eigenvalue weighted by molar-refractivity contribution is 0.211. The van der Waals surface area contributed by atoms with Crippen LogP contribution in [0.25, 0.3) is 0 Å². The van der Waals surface area contributed by atoms with Crippen LogP contribution in [-0.4, -0.2) is 39.0 Å². The van der Waals surface area contributed by atoms with Gasteiger partial charge in [0.05, 0.1) is 5.69 Å². The van der Waals surface area contributed by atoms with Gasteiger partial charge in [0.1, 0.15) is 4.90 Å². The van der Waals surface area contributed by atoms with Crippen molar-refractivity contribution in [2.24, 2.45) is 0 Å². The maximum Gasteiger partial charge on any atom is 0.243 e. The number of nitrogens with one attached hydrogen (secondary N) is 1. The summed E-state index contributed by atoms with van der Waals surface area (Å²) in [4.78, 5) is 2.50. The summed E-state index contributed by atoms with van der Waals surface area (Å²) >= 11 is 0. The Kier molecular flexibility index (Phi) is 4.91. The van der Waals surface area contributed by atoms with Gasteiger partial charge in [-0.25, -0.2) is 13.1 Å². The molecule has 1 heterocycles. The lowest BCUT2D eigenvalue weighted by Crippen LogP contribution is -2.47. The molecule has 5 nitrogen and oxygen atoms in total. The average Bonchev–Trinajstić information content (AvgIpc) is 2.42. The molecule has 0 bridgehead atoms. The molecule has 1 unspecified atom stereocenters. The van der Waals surface area contributed by atoms with Gasteiger partial charge >= 0.3 is 0 Å². The molecule has 0 aliphatic carbocycles. The summed E-state index contributed by atoms with van der Waals surface area (Å²) in [5.74, 6) is 0. The van der Waals surface area contributed by atoms with Crippen molar-refractivity contribution in [3.63, 3.8) is 0 Å². The monoisotopic (exact) mass is 311 g/mol. The number of sulfonamides is 1. The molecule has 1 aromatic carbocycles. The van der Waals surface area contributed by atoms with Crippen molar-refractivity contribution >= 4 is 15.7 Å². The van der Waals surface area contributed by atoms with Gasteiger partial charge in [-0.3, -0.25) is 0 Å². The van der Waals surface area contributed by atoms with Gasteiger partial charge in [0.15, 0.2) is 0 Å². The Bertz CT molecular complexity index is 614. The number of aryl methyl sites for hydroxylation is 2. The van der Waals surface area contributed by atoms with Crippen LogP contribution in [0, 0.1) is 13.8 Å². The normalized spacial score (nSPS) is 20.6. The summed E-state index contributed by atoms with van der Waals surface area (Å²) in [6.07, 6.45) is 1.89. The Morgan fingerprint density at radius 3 is 2.67 bits per heavy atom. The van der Waals surface area contributed by atoms with Crippen molar-refractivity contribution in [1.29, 1.82) is 0 Å². The molecule has 1 aromatic rings. The fourth-order valence-electron chi connectivity index (χ4n) is 2.88. The van der Waals surface area contributed by atoms with E-state index in [1.165, 1.54) is 0 Å². The first-order valence-corrected chi connectivity index (χ1v) is 8.94. The lowest BCUT2D eigenvalue weighted by Gasteiger charge is -2.32. The van der Waals surface area contributed by atoms with Crippen LogP contribution in [0.15, 0.2) is 17.0 Å². The van der Waals surface area contributed by atoms with Crippen LogP contribution in [-0.2, 0) is 10.0 Å². The number of likely N-dealkylation sites (N-methyl/N-ethyl adjacent to an activating group) is 1. The number of piperidine rings is 1. The molecule has 1 fully saturated rings. The molecule has 0 spiro atoms. The number of likely N-dealkylation sites (tertiary alicyclic amines) is 1. The highest BCUT2D eigenvalue weighted by Gasteiger charge is 2.27. The van der Waals surface area contributed by atoms with Gasteiger partial charge in [0, 0.05) is 12.6 Å². The van der Waals surface area contributed by atoms with Crippen molar-refractivity contribution in [1.82, 2.24) is 9.62 Å². The number of rotatable bonds is 4. The third-order valence-electron chi connectivity index (χ3n) is 4.15. The van der Waals surface area contributed by atoms with E-state index in [-0.39, 0.29) is 10.9 Å². The van der Waals surface area contributed by atoms with Crippen molar-refractivity contribution in [2.45, 2.75) is 44.6 Å². The maximum atomic E-state index is 12.7. The average molecular weight is 311 g/mol. The minimum absolute atomic E-state index is 0.0389. The van der Waals surface area contributed by atoms with E-state index in [4.69, 9.17) is 5.73 Å². The standard InChI is InChI=1S/C15H25N3O2S/c1-4-18-9-5-6-13(10-18)17-21(19,20)15-12(3)8-7-11(2)14(15)16/h7-8,13,17H,4-6,9-10,16H2,1-3H3. The van der Waals surface area contributed by atoms with Gasteiger partial charge in [0.2, 0.25) is 10.0 Å². The lowest BCUT2D eigenvalue weighted by atomic mass is 10.1. The summed E-state index contributed by atoms with van der Waals surface area (Å²) in [6.45, 7) is 8.46. The van der Waals surface area contributed by atoms with E-state index in [1.54, 1.807) is 13.0 Å². The van der Waals surface area contributed by atoms with E-state index in [9.17, 15) is 8.42 Å². The maximum absolute atomic E-state index is 12.7. The SMILES string of the molecule is CCN1CCCC(NS(=O)(=O)c2c(C)ccc(C)c2N)C1. The number of nitrogens with two attached hydrogens (primary N) is 1. The Labute approximate surface area is 127 Å². The molecule has 1 aliphatic rings. The van der Waals surface area contributed by atoms with Gasteiger partial charge in [0.25, 0.3) is 0 Å². The third kappa shape index (κ3) is 3.56. The molecule has 1 aliphatic heterocycles. The Morgan fingerprint density at radius 1 is 1.33 bits per heavy atom. The summed E-state index contributed by atoms with van der Waals surface area (Å²) in [5.41, 5.74) is 7.83. The minimum Gasteiger partial charge on any atom is -0.397 e. The first-order chi connectivity index (χ1) is 9.85. The van der Waals surface area contributed by atoms with Gasteiger partial charge < -0.3 is 10.6 Å². The molecule has 6 heteroatoms. The molecule has 2 rings (SSSR count). The van der Waals surface area contributed by atoms with Gasteiger partial charge in [-0.05, 0) is 50.9 Å². The summed E-state index contributed by atoms with van der Waals surface area (Å²) in [6, 6.07) is 3.62. The molecule has 0 saturated carbocycles. The predicted octanol–water partition coefficient (Wildman–Crippen LogP) is 1.65. The molecule has 21 heavy (non-hydrogen) atoms. The fraction of sp³-hybridized carbons (Fsp3) is 0.600. The highest BCUT2D eigenvalue weighted by atomic mass is 32.2. The number of nitrogens with zero attached hydrogens (tertiary/aromatic N) is 1. The molecule has 1 atom stereocenters. The zero-order valence-corrected chi connectivity index (χ0v) is 13.8. The van der Waals surface area contributed by atoms with Crippen LogP contribution in [0.1, 0.15) is 30.9 Å². The summed E-state index contributed by atoms with van der Waals surface area (Å²) in [5, 5.41) is 0. The second-order valence-corrected chi connectivity index (χ2v) is 7.45. The van der Waals surface area contributed by atoms with Gasteiger partial charge in [-0.2, -0.15) is 0 Å². The predicted molar refractivity (Wildman–Crippen MR) is 85.8 cm³/mol. The highest BCUT2D eigenvalue weighted by Crippen LogP contribution is 2.26. The van der Waals surface area contributed by atoms with Gasteiger partial charge in [-0.15, -0.1) is 0 Å². The number of anilines is 1. The number of benzene rings is 1. The Morgan fingerprint density at radius 2 is 2.00 bits per heavy atom. The van der Waals surface area contributed by atoms with Gasteiger partial charge in [-0.1, -0.05) is 19.1 Å². The molecule has 3 N–H and O–H groups in total. The second kappa shape index (κ2) is 6.34.